The van der Waals surface area contributed by atoms with Gasteiger partial charge in [-0.3, -0.25) is 0 Å². The fraction of sp³-hybridized carbons (Fsp3) is 0. The molecule has 12 rings (SSSR count). The van der Waals surface area contributed by atoms with Gasteiger partial charge >= 0.3 is 0 Å². The second-order valence-corrected chi connectivity index (χ2v) is 16.7. The predicted molar refractivity (Wildman–Crippen MR) is 274 cm³/mol. The van der Waals surface area contributed by atoms with E-state index in [1.165, 1.54) is 10.8 Å². The standard InChI is InChI=1S/C61H35N7/c1-64-53-33-39(37-62)32-44(38-63)60(53)42-28-30-58-49(34-42)47-22-10-15-27-57(47)68(58)59-31-29-43(61-65-51(40-16-4-2-5-17-40)36-52(66-61)41-18-6-3-7-19-41)35-50(59)48-23-11-14-26-56(48)67-54-24-12-8-20-45(54)46-21-9-13-25-55(46)67/h2-36H. The first-order valence-corrected chi connectivity index (χ1v) is 22.2. The van der Waals surface area contributed by atoms with Crippen LogP contribution in [0.4, 0.5) is 5.69 Å². The minimum atomic E-state index is 0.261. The van der Waals surface area contributed by atoms with Crippen molar-refractivity contribution < 1.29 is 0 Å². The Morgan fingerprint density at radius 2 is 0.926 bits per heavy atom. The molecule has 0 N–H and O–H groups in total. The molecule has 3 aromatic heterocycles. The summed E-state index contributed by atoms with van der Waals surface area (Å²) in [5.41, 5.74) is 14.7. The number of fused-ring (bicyclic) bond motifs is 6. The van der Waals surface area contributed by atoms with Gasteiger partial charge in [-0.1, -0.05) is 140 Å². The molecule has 0 amide bonds. The van der Waals surface area contributed by atoms with Crippen molar-refractivity contribution in [3.8, 4) is 79.7 Å². The third-order valence-electron chi connectivity index (χ3n) is 12.8. The van der Waals surface area contributed by atoms with Crippen molar-refractivity contribution in [3.63, 3.8) is 0 Å². The minimum absolute atomic E-state index is 0.261. The third kappa shape index (κ3) is 6.49. The molecule has 0 bridgehead atoms. The number of nitriles is 2. The molecule has 0 saturated carbocycles. The van der Waals surface area contributed by atoms with Crippen molar-refractivity contribution in [1.29, 1.82) is 10.5 Å². The number of para-hydroxylation sites is 4. The van der Waals surface area contributed by atoms with Gasteiger partial charge in [0.2, 0.25) is 0 Å². The fourth-order valence-electron chi connectivity index (χ4n) is 9.81. The maximum atomic E-state index is 10.3. The van der Waals surface area contributed by atoms with Gasteiger partial charge in [-0.25, -0.2) is 14.8 Å². The highest BCUT2D eigenvalue weighted by atomic mass is 15.0. The molecular weight excluding hydrogens is 831 g/mol. The van der Waals surface area contributed by atoms with E-state index in [2.05, 4.69) is 178 Å². The van der Waals surface area contributed by atoms with E-state index in [4.69, 9.17) is 16.5 Å². The topological polar surface area (TPSA) is 87.6 Å². The lowest BCUT2D eigenvalue weighted by molar-refractivity contribution is 1.15. The molecule has 0 aliphatic carbocycles. The van der Waals surface area contributed by atoms with Gasteiger partial charge in [0.15, 0.2) is 11.5 Å². The zero-order valence-corrected chi connectivity index (χ0v) is 36.3. The van der Waals surface area contributed by atoms with Crippen LogP contribution in [0.2, 0.25) is 0 Å². The summed E-state index contributed by atoms with van der Waals surface area (Å²) in [7, 11) is 0. The van der Waals surface area contributed by atoms with Crippen molar-refractivity contribution in [3.05, 3.63) is 235 Å². The Morgan fingerprint density at radius 1 is 0.412 bits per heavy atom. The summed E-state index contributed by atoms with van der Waals surface area (Å²) in [6, 6.07) is 76.7. The van der Waals surface area contributed by atoms with Gasteiger partial charge in [0, 0.05) is 60.5 Å². The largest absolute Gasteiger partial charge is 0.309 e. The van der Waals surface area contributed by atoms with Crippen LogP contribution in [-0.4, -0.2) is 19.1 Å². The van der Waals surface area contributed by atoms with E-state index in [1.807, 2.05) is 48.5 Å². The van der Waals surface area contributed by atoms with Crippen LogP contribution < -0.4 is 0 Å². The van der Waals surface area contributed by atoms with E-state index >= 15 is 0 Å². The number of hydrogen-bond acceptors (Lipinski definition) is 4. The molecule has 0 aliphatic heterocycles. The predicted octanol–water partition coefficient (Wildman–Crippen LogP) is 15.3. The molecule has 9 aromatic carbocycles. The highest BCUT2D eigenvalue weighted by molar-refractivity contribution is 6.12. The number of hydrogen-bond donors (Lipinski definition) is 0. The molecule has 12 aromatic rings. The van der Waals surface area contributed by atoms with Crippen LogP contribution >= 0.6 is 0 Å². The fourth-order valence-corrected chi connectivity index (χ4v) is 9.81. The Labute approximate surface area is 391 Å². The highest BCUT2D eigenvalue weighted by Gasteiger charge is 2.23. The Hall–Kier alpha value is -9.87. The van der Waals surface area contributed by atoms with Crippen molar-refractivity contribution in [2.75, 3.05) is 0 Å². The van der Waals surface area contributed by atoms with Crippen molar-refractivity contribution in [2.45, 2.75) is 0 Å². The Balaban J connectivity index is 1.15. The summed E-state index contributed by atoms with van der Waals surface area (Å²) in [6.45, 7) is 8.03. The first kappa shape index (κ1) is 39.7. The molecule has 3 heterocycles. The monoisotopic (exact) mass is 865 g/mol. The molecule has 0 unspecified atom stereocenters. The van der Waals surface area contributed by atoms with Crippen molar-refractivity contribution >= 4 is 49.3 Å². The normalized spacial score (nSPS) is 11.2. The van der Waals surface area contributed by atoms with Crippen LogP contribution in [0.15, 0.2) is 212 Å². The van der Waals surface area contributed by atoms with Crippen molar-refractivity contribution in [2.24, 2.45) is 0 Å². The van der Waals surface area contributed by atoms with Gasteiger partial charge in [0.05, 0.1) is 69.1 Å². The summed E-state index contributed by atoms with van der Waals surface area (Å²) in [4.78, 5) is 14.3. The van der Waals surface area contributed by atoms with Crippen LogP contribution in [0.1, 0.15) is 11.1 Å². The average Bonchev–Trinajstić information content (AvgIpc) is 3.93. The van der Waals surface area contributed by atoms with Gasteiger partial charge in [0.25, 0.3) is 0 Å². The van der Waals surface area contributed by atoms with Gasteiger partial charge < -0.3 is 9.13 Å². The molecule has 0 fully saturated rings. The molecule has 7 heteroatoms. The Bertz CT molecular complexity index is 3980. The molecule has 314 valence electrons. The summed E-state index contributed by atoms with van der Waals surface area (Å²) in [5, 5.41) is 24.3. The lowest BCUT2D eigenvalue weighted by Gasteiger charge is -2.20. The van der Waals surface area contributed by atoms with E-state index in [0.29, 0.717) is 11.4 Å². The van der Waals surface area contributed by atoms with Crippen LogP contribution in [0.25, 0.3) is 116 Å². The van der Waals surface area contributed by atoms with Crippen LogP contribution in [0, 0.1) is 29.2 Å². The van der Waals surface area contributed by atoms with Crippen LogP contribution in [0.5, 0.6) is 0 Å². The van der Waals surface area contributed by atoms with Gasteiger partial charge in [-0.2, -0.15) is 10.5 Å². The first-order valence-electron chi connectivity index (χ1n) is 22.2. The summed E-state index contributed by atoms with van der Waals surface area (Å²) >= 11 is 0. The first-order chi connectivity index (χ1) is 33.6. The molecule has 0 spiro atoms. The number of benzene rings is 9. The molecule has 7 nitrogen and oxygen atoms in total. The second-order valence-electron chi connectivity index (χ2n) is 16.7. The SMILES string of the molecule is [C-]#[N+]c1cc(C#N)cc(C#N)c1-c1ccc2c(c1)c1ccccc1n2-c1ccc(-c2nc(-c3ccccc3)cc(-c3ccccc3)n2)cc1-c1ccccc1-n1c2ccccc2c2ccccc21. The second kappa shape index (κ2) is 16.3. The maximum absolute atomic E-state index is 10.3. The van der Waals surface area contributed by atoms with Crippen LogP contribution in [0.3, 0.4) is 0 Å². The lowest BCUT2D eigenvalue weighted by atomic mass is 9.95. The molecule has 0 radical (unpaired) electrons. The summed E-state index contributed by atoms with van der Waals surface area (Å²) in [5.74, 6) is 0.602. The van der Waals surface area contributed by atoms with E-state index in [-0.39, 0.29) is 16.8 Å². The highest BCUT2D eigenvalue weighted by Crippen LogP contribution is 2.44. The molecule has 0 aliphatic rings. The quantitative estimate of drug-likeness (QED) is 0.149. The van der Waals surface area contributed by atoms with E-state index in [1.54, 1.807) is 12.1 Å². The third-order valence-corrected chi connectivity index (χ3v) is 12.8. The lowest BCUT2D eigenvalue weighted by Crippen LogP contribution is -2.03. The Morgan fingerprint density at radius 3 is 1.51 bits per heavy atom. The zero-order valence-electron chi connectivity index (χ0n) is 36.3. The number of nitrogens with zero attached hydrogens (tertiary/aromatic N) is 7. The molecule has 0 saturated heterocycles. The molecule has 0 atom stereocenters. The number of aromatic nitrogens is 4. The van der Waals surface area contributed by atoms with Gasteiger partial charge in [-0.05, 0) is 78.4 Å². The van der Waals surface area contributed by atoms with E-state index in [0.717, 1.165) is 89.0 Å². The summed E-state index contributed by atoms with van der Waals surface area (Å²) < 4.78 is 4.68. The van der Waals surface area contributed by atoms with Gasteiger partial charge in [-0.15, -0.1) is 0 Å². The van der Waals surface area contributed by atoms with E-state index in [9.17, 15) is 10.5 Å². The maximum Gasteiger partial charge on any atom is 0.197 e. The number of rotatable bonds is 7. The zero-order chi connectivity index (χ0) is 45.7. The molecule has 68 heavy (non-hydrogen) atoms. The van der Waals surface area contributed by atoms with Crippen molar-refractivity contribution in [1.82, 2.24) is 19.1 Å². The van der Waals surface area contributed by atoms with Crippen LogP contribution in [-0.2, 0) is 0 Å². The minimum Gasteiger partial charge on any atom is -0.309 e. The van der Waals surface area contributed by atoms with Gasteiger partial charge in [0.1, 0.15) is 0 Å². The average molecular weight is 866 g/mol. The smallest absolute Gasteiger partial charge is 0.197 e. The summed E-state index contributed by atoms with van der Waals surface area (Å²) in [6.07, 6.45) is 0. The van der Waals surface area contributed by atoms with E-state index < -0.39 is 0 Å². The Kier molecular flexibility index (Phi) is 9.51. The molecular formula is C61H35N7.